The first-order valence-electron chi connectivity index (χ1n) is 8.92. The van der Waals surface area contributed by atoms with E-state index in [9.17, 15) is 0 Å². The zero-order chi connectivity index (χ0) is 18.4. The van der Waals surface area contributed by atoms with E-state index in [2.05, 4.69) is 31.4 Å². The summed E-state index contributed by atoms with van der Waals surface area (Å²) in [5.74, 6) is 2.38. The highest BCUT2D eigenvalue weighted by Crippen LogP contribution is 2.26. The minimum atomic E-state index is 0.616. The fourth-order valence-electron chi connectivity index (χ4n) is 3.35. The molecule has 5 heterocycles. The Balaban J connectivity index is 1.66. The van der Waals surface area contributed by atoms with Crippen LogP contribution >= 0.6 is 0 Å². The van der Waals surface area contributed by atoms with Crippen LogP contribution in [0, 0.1) is 6.92 Å². The van der Waals surface area contributed by atoms with E-state index >= 15 is 0 Å². The third kappa shape index (κ3) is 2.74. The standard InChI is InChI=1S/C17H20N10/c1-11-13(8-19-23-11)16-22-17(27(24-16)12-7-20-25(2)9-12)14-10-26-6-5-18-4-3-15(26)21-14/h7-10,18H,3-6H2,1-2H3,(H,19,23). The largest absolute Gasteiger partial charge is 0.333 e. The number of aromatic nitrogens is 9. The Morgan fingerprint density at radius 2 is 2.04 bits per heavy atom. The van der Waals surface area contributed by atoms with Crippen LogP contribution in [-0.2, 0) is 20.0 Å². The number of aromatic amines is 1. The van der Waals surface area contributed by atoms with Crippen molar-refractivity contribution in [1.29, 1.82) is 0 Å². The van der Waals surface area contributed by atoms with Gasteiger partial charge in [-0.25, -0.2) is 14.6 Å². The van der Waals surface area contributed by atoms with Gasteiger partial charge in [0.25, 0.3) is 0 Å². The van der Waals surface area contributed by atoms with Gasteiger partial charge >= 0.3 is 0 Å². The predicted molar refractivity (Wildman–Crippen MR) is 98.2 cm³/mol. The number of hydrogen-bond acceptors (Lipinski definition) is 6. The molecule has 138 valence electrons. The normalized spacial score (nSPS) is 14.3. The van der Waals surface area contributed by atoms with Crippen LogP contribution < -0.4 is 5.32 Å². The van der Waals surface area contributed by atoms with Crippen molar-refractivity contribution in [2.45, 2.75) is 19.9 Å². The molecule has 0 spiro atoms. The smallest absolute Gasteiger partial charge is 0.185 e. The molecule has 10 nitrogen and oxygen atoms in total. The van der Waals surface area contributed by atoms with Crippen LogP contribution in [-0.4, -0.2) is 57.4 Å². The Morgan fingerprint density at radius 3 is 2.81 bits per heavy atom. The molecule has 5 rings (SSSR count). The summed E-state index contributed by atoms with van der Waals surface area (Å²) in [6, 6.07) is 0. The van der Waals surface area contributed by atoms with Gasteiger partial charge in [0.15, 0.2) is 11.6 Å². The van der Waals surface area contributed by atoms with Crippen molar-refractivity contribution in [2.24, 2.45) is 7.05 Å². The van der Waals surface area contributed by atoms with E-state index in [1.54, 1.807) is 21.8 Å². The summed E-state index contributed by atoms with van der Waals surface area (Å²) in [6.45, 7) is 4.73. The molecule has 0 bridgehead atoms. The van der Waals surface area contributed by atoms with Crippen molar-refractivity contribution in [3.63, 3.8) is 0 Å². The maximum atomic E-state index is 4.84. The van der Waals surface area contributed by atoms with E-state index in [-0.39, 0.29) is 0 Å². The van der Waals surface area contributed by atoms with Crippen LogP contribution in [0.1, 0.15) is 11.5 Å². The lowest BCUT2D eigenvalue weighted by Gasteiger charge is -2.00. The lowest BCUT2D eigenvalue weighted by molar-refractivity contribution is 0.646. The van der Waals surface area contributed by atoms with E-state index in [4.69, 9.17) is 15.1 Å². The molecule has 0 aliphatic carbocycles. The number of fused-ring (bicyclic) bond motifs is 1. The Labute approximate surface area is 155 Å². The summed E-state index contributed by atoms with van der Waals surface area (Å²) in [7, 11) is 1.88. The highest BCUT2D eigenvalue weighted by Gasteiger charge is 2.21. The van der Waals surface area contributed by atoms with E-state index in [1.807, 2.05) is 20.2 Å². The summed E-state index contributed by atoms with van der Waals surface area (Å²) >= 11 is 0. The second kappa shape index (κ2) is 6.16. The molecule has 0 saturated heterocycles. The van der Waals surface area contributed by atoms with Crippen LogP contribution in [0.4, 0.5) is 0 Å². The van der Waals surface area contributed by atoms with Crippen molar-refractivity contribution in [3.05, 3.63) is 36.3 Å². The van der Waals surface area contributed by atoms with E-state index in [0.29, 0.717) is 11.6 Å². The lowest BCUT2D eigenvalue weighted by atomic mass is 10.2. The minimum absolute atomic E-state index is 0.616. The third-order valence-electron chi connectivity index (χ3n) is 4.76. The molecule has 4 aromatic rings. The summed E-state index contributed by atoms with van der Waals surface area (Å²) in [5, 5.41) is 19.4. The fourth-order valence-corrected chi connectivity index (χ4v) is 3.35. The van der Waals surface area contributed by atoms with Gasteiger partial charge in [-0.05, 0) is 6.92 Å². The summed E-state index contributed by atoms with van der Waals surface area (Å²) in [4.78, 5) is 9.64. The maximum absolute atomic E-state index is 4.84. The molecule has 0 amide bonds. The molecule has 0 atom stereocenters. The number of hydrogen-bond donors (Lipinski definition) is 2. The molecule has 27 heavy (non-hydrogen) atoms. The van der Waals surface area contributed by atoms with Gasteiger partial charge < -0.3 is 9.88 Å². The van der Waals surface area contributed by atoms with Crippen LogP contribution in [0.5, 0.6) is 0 Å². The van der Waals surface area contributed by atoms with Crippen molar-refractivity contribution < 1.29 is 0 Å². The fraction of sp³-hybridized carbons (Fsp3) is 0.353. The number of H-pyrrole nitrogens is 1. The molecular formula is C17H20N10. The first-order valence-corrected chi connectivity index (χ1v) is 8.92. The Kier molecular flexibility index (Phi) is 3.64. The van der Waals surface area contributed by atoms with Gasteiger partial charge in [-0.3, -0.25) is 9.78 Å². The average molecular weight is 364 g/mol. The zero-order valence-electron chi connectivity index (χ0n) is 15.2. The number of rotatable bonds is 3. The van der Waals surface area contributed by atoms with E-state index in [1.165, 1.54) is 0 Å². The topological polar surface area (TPSA) is 107 Å². The van der Waals surface area contributed by atoms with Crippen LogP contribution in [0.3, 0.4) is 0 Å². The van der Waals surface area contributed by atoms with Crippen molar-refractivity contribution in [2.75, 3.05) is 13.1 Å². The maximum Gasteiger partial charge on any atom is 0.185 e. The monoisotopic (exact) mass is 364 g/mol. The molecule has 1 aliphatic heterocycles. The molecule has 10 heteroatoms. The van der Waals surface area contributed by atoms with Crippen LogP contribution in [0.2, 0.25) is 0 Å². The number of aryl methyl sites for hydroxylation is 2. The Hall–Kier alpha value is -3.27. The molecule has 2 N–H and O–H groups in total. The highest BCUT2D eigenvalue weighted by atomic mass is 15.4. The van der Waals surface area contributed by atoms with Gasteiger partial charge in [0.2, 0.25) is 0 Å². The van der Waals surface area contributed by atoms with Crippen molar-refractivity contribution in [1.82, 2.24) is 49.6 Å². The molecule has 4 aromatic heterocycles. The molecule has 0 aromatic carbocycles. The summed E-state index contributed by atoms with van der Waals surface area (Å²) < 4.78 is 5.74. The Bertz CT molecular complexity index is 1070. The average Bonchev–Trinajstić information content (AvgIpc) is 3.40. The van der Waals surface area contributed by atoms with Crippen molar-refractivity contribution in [3.8, 4) is 28.6 Å². The second-order valence-corrected chi connectivity index (χ2v) is 6.69. The highest BCUT2D eigenvalue weighted by molar-refractivity contribution is 5.62. The van der Waals surface area contributed by atoms with Crippen LogP contribution in [0.25, 0.3) is 28.6 Å². The van der Waals surface area contributed by atoms with Gasteiger partial charge in [-0.2, -0.15) is 10.2 Å². The number of nitrogens with zero attached hydrogens (tertiary/aromatic N) is 8. The SMILES string of the molecule is Cc1[nH]ncc1-c1nc(-c2cn3c(n2)CCNCC3)n(-c2cnn(C)c2)n1. The van der Waals surface area contributed by atoms with Gasteiger partial charge in [0.05, 0.1) is 24.2 Å². The van der Waals surface area contributed by atoms with Gasteiger partial charge in [0, 0.05) is 45.0 Å². The summed E-state index contributed by atoms with van der Waals surface area (Å²) in [6.07, 6.45) is 8.39. The van der Waals surface area contributed by atoms with Gasteiger partial charge in [0.1, 0.15) is 17.2 Å². The molecular weight excluding hydrogens is 344 g/mol. The van der Waals surface area contributed by atoms with E-state index in [0.717, 1.165) is 54.5 Å². The molecule has 1 aliphatic rings. The first-order chi connectivity index (χ1) is 13.2. The van der Waals surface area contributed by atoms with E-state index < -0.39 is 0 Å². The summed E-state index contributed by atoms with van der Waals surface area (Å²) in [5.41, 5.74) is 3.47. The number of imidazole rings is 1. The Morgan fingerprint density at radius 1 is 1.11 bits per heavy atom. The minimum Gasteiger partial charge on any atom is -0.333 e. The predicted octanol–water partition coefficient (Wildman–Crippen LogP) is 0.709. The third-order valence-corrected chi connectivity index (χ3v) is 4.76. The molecule has 0 saturated carbocycles. The molecule has 0 unspecified atom stereocenters. The van der Waals surface area contributed by atoms with Crippen molar-refractivity contribution >= 4 is 0 Å². The van der Waals surface area contributed by atoms with Crippen LogP contribution in [0.15, 0.2) is 24.8 Å². The van der Waals surface area contributed by atoms with Gasteiger partial charge in [-0.15, -0.1) is 5.10 Å². The molecule has 0 radical (unpaired) electrons. The zero-order valence-corrected chi connectivity index (χ0v) is 15.2. The number of nitrogens with one attached hydrogen (secondary N) is 2. The molecule has 0 fully saturated rings. The lowest BCUT2D eigenvalue weighted by Crippen LogP contribution is -2.17. The van der Waals surface area contributed by atoms with Gasteiger partial charge in [-0.1, -0.05) is 0 Å². The second-order valence-electron chi connectivity index (χ2n) is 6.69. The first kappa shape index (κ1) is 15.9. The quantitative estimate of drug-likeness (QED) is 0.554.